The number of amides is 1. The third-order valence-electron chi connectivity index (χ3n) is 4.50. The lowest BCUT2D eigenvalue weighted by molar-refractivity contribution is -0.134. The summed E-state index contributed by atoms with van der Waals surface area (Å²) < 4.78 is 34.1. The number of likely N-dealkylation sites (tertiary alicyclic amines) is 1. The van der Waals surface area contributed by atoms with E-state index in [9.17, 15) is 13.2 Å². The molecule has 1 unspecified atom stereocenters. The van der Waals surface area contributed by atoms with Crippen molar-refractivity contribution in [2.24, 2.45) is 0 Å². The largest absolute Gasteiger partial charge is 0.381 e. The second-order valence-corrected chi connectivity index (χ2v) is 8.80. The molecule has 6 nitrogen and oxygen atoms in total. The Morgan fingerprint density at radius 1 is 1.22 bits per heavy atom. The van der Waals surface area contributed by atoms with Gasteiger partial charge in [-0.15, -0.1) is 0 Å². The van der Waals surface area contributed by atoms with Crippen molar-refractivity contribution in [3.63, 3.8) is 0 Å². The number of ether oxygens (including phenoxy) is 2. The maximum absolute atomic E-state index is 12.4. The number of rotatable bonds is 7. The Morgan fingerprint density at radius 2 is 1.96 bits per heavy atom. The zero-order valence-corrected chi connectivity index (χ0v) is 14.9. The van der Waals surface area contributed by atoms with Gasteiger partial charge < -0.3 is 14.4 Å². The average molecular weight is 347 g/mol. The highest BCUT2D eigenvalue weighted by Gasteiger charge is 2.28. The van der Waals surface area contributed by atoms with E-state index in [1.165, 1.54) is 6.26 Å². The summed E-state index contributed by atoms with van der Waals surface area (Å²) >= 11 is 0. The van der Waals surface area contributed by atoms with Crippen molar-refractivity contribution < 1.29 is 22.7 Å². The number of piperidine rings is 1. The summed E-state index contributed by atoms with van der Waals surface area (Å²) in [5, 5.41) is 0. The summed E-state index contributed by atoms with van der Waals surface area (Å²) in [5.74, 6) is 0.144. The summed E-state index contributed by atoms with van der Waals surface area (Å²) in [6.45, 7) is 2.77. The molecule has 0 aromatic carbocycles. The summed E-state index contributed by atoms with van der Waals surface area (Å²) in [6.07, 6.45) is 7.23. The van der Waals surface area contributed by atoms with E-state index in [0.717, 1.165) is 45.3 Å². The van der Waals surface area contributed by atoms with Crippen LogP contribution in [0.2, 0.25) is 0 Å². The van der Waals surface area contributed by atoms with Crippen LogP contribution in [0, 0.1) is 0 Å². The number of hydrogen-bond donors (Lipinski definition) is 0. The quantitative estimate of drug-likeness (QED) is 0.651. The number of carbonyl (C=O) groups is 1. The molecule has 2 aliphatic rings. The smallest absolute Gasteiger partial charge is 0.222 e. The molecule has 0 aliphatic carbocycles. The van der Waals surface area contributed by atoms with Gasteiger partial charge in [-0.3, -0.25) is 4.79 Å². The van der Waals surface area contributed by atoms with E-state index in [0.29, 0.717) is 26.0 Å². The summed E-state index contributed by atoms with van der Waals surface area (Å²) in [7, 11) is -3.06. The second-order valence-electron chi connectivity index (χ2n) is 6.62. The van der Waals surface area contributed by atoms with E-state index in [1.807, 2.05) is 0 Å². The maximum atomic E-state index is 12.4. The topological polar surface area (TPSA) is 72.9 Å². The minimum absolute atomic E-state index is 0.0638. The minimum atomic E-state index is -3.06. The molecule has 2 fully saturated rings. The SMILES string of the molecule is CS(=O)(=O)CC1CCCCN1C(=O)CCCOC1CCOCC1. The van der Waals surface area contributed by atoms with Crippen molar-refractivity contribution in [1.82, 2.24) is 4.90 Å². The van der Waals surface area contributed by atoms with Crippen LogP contribution < -0.4 is 0 Å². The van der Waals surface area contributed by atoms with Crippen LogP contribution in [0.4, 0.5) is 0 Å². The van der Waals surface area contributed by atoms with Gasteiger partial charge >= 0.3 is 0 Å². The Balaban J connectivity index is 1.72. The van der Waals surface area contributed by atoms with Gasteiger partial charge in [-0.1, -0.05) is 0 Å². The molecule has 0 radical (unpaired) electrons. The average Bonchev–Trinajstić information content (AvgIpc) is 2.51. The zero-order chi connectivity index (χ0) is 16.7. The van der Waals surface area contributed by atoms with Gasteiger partial charge in [0.05, 0.1) is 11.9 Å². The molecule has 1 atom stereocenters. The Hall–Kier alpha value is -0.660. The molecular formula is C16H29NO5S. The Kier molecular flexibility index (Phi) is 7.30. The molecule has 2 rings (SSSR count). The molecule has 23 heavy (non-hydrogen) atoms. The normalized spacial score (nSPS) is 23.9. The molecule has 0 aromatic heterocycles. The Bertz CT molecular complexity index is 473. The number of hydrogen-bond acceptors (Lipinski definition) is 5. The van der Waals surface area contributed by atoms with Crippen LogP contribution in [0.1, 0.15) is 44.9 Å². The van der Waals surface area contributed by atoms with Crippen LogP contribution in [-0.2, 0) is 24.1 Å². The summed E-state index contributed by atoms with van der Waals surface area (Å²) in [5.41, 5.74) is 0. The van der Waals surface area contributed by atoms with Gasteiger partial charge in [0.1, 0.15) is 9.84 Å². The van der Waals surface area contributed by atoms with Gasteiger partial charge in [0.15, 0.2) is 0 Å². The number of sulfone groups is 1. The molecule has 0 saturated carbocycles. The fourth-order valence-electron chi connectivity index (χ4n) is 3.31. The fraction of sp³-hybridized carbons (Fsp3) is 0.938. The van der Waals surface area contributed by atoms with Gasteiger partial charge in [0.2, 0.25) is 5.91 Å². The highest BCUT2D eigenvalue weighted by Crippen LogP contribution is 2.20. The Morgan fingerprint density at radius 3 is 2.65 bits per heavy atom. The predicted molar refractivity (Wildman–Crippen MR) is 88.1 cm³/mol. The first-order valence-corrected chi connectivity index (χ1v) is 10.7. The molecule has 0 aromatic rings. The second kappa shape index (κ2) is 8.99. The lowest BCUT2D eigenvalue weighted by atomic mass is 10.0. The van der Waals surface area contributed by atoms with Crippen LogP contribution in [-0.4, -0.2) is 69.7 Å². The fourth-order valence-corrected chi connectivity index (χ4v) is 4.36. The van der Waals surface area contributed by atoms with E-state index in [1.54, 1.807) is 4.90 Å². The molecule has 7 heteroatoms. The molecule has 2 saturated heterocycles. The first-order chi connectivity index (χ1) is 11.0. The molecule has 2 heterocycles. The van der Waals surface area contributed by atoms with Crippen molar-refractivity contribution in [2.75, 3.05) is 38.4 Å². The predicted octanol–water partition coefficient (Wildman–Crippen LogP) is 1.39. The lowest BCUT2D eigenvalue weighted by Crippen LogP contribution is -2.47. The monoisotopic (exact) mass is 347 g/mol. The van der Waals surface area contributed by atoms with Gasteiger partial charge in [-0.05, 0) is 38.5 Å². The molecule has 134 valence electrons. The summed E-state index contributed by atoms with van der Waals surface area (Å²) in [4.78, 5) is 14.2. The van der Waals surface area contributed by atoms with Crippen molar-refractivity contribution in [3.8, 4) is 0 Å². The molecule has 0 bridgehead atoms. The highest BCUT2D eigenvalue weighted by molar-refractivity contribution is 7.90. The van der Waals surface area contributed by atoms with Crippen LogP contribution >= 0.6 is 0 Å². The van der Waals surface area contributed by atoms with Crippen LogP contribution in [0.15, 0.2) is 0 Å². The molecule has 0 spiro atoms. The van der Waals surface area contributed by atoms with Crippen molar-refractivity contribution in [1.29, 1.82) is 0 Å². The van der Waals surface area contributed by atoms with E-state index >= 15 is 0 Å². The van der Waals surface area contributed by atoms with Crippen LogP contribution in [0.5, 0.6) is 0 Å². The van der Waals surface area contributed by atoms with Gasteiger partial charge in [0.25, 0.3) is 0 Å². The van der Waals surface area contributed by atoms with E-state index < -0.39 is 9.84 Å². The van der Waals surface area contributed by atoms with Crippen molar-refractivity contribution in [3.05, 3.63) is 0 Å². The first kappa shape index (κ1) is 18.7. The number of carbonyl (C=O) groups excluding carboxylic acids is 1. The first-order valence-electron chi connectivity index (χ1n) is 8.62. The highest BCUT2D eigenvalue weighted by atomic mass is 32.2. The lowest BCUT2D eigenvalue weighted by Gasteiger charge is -2.35. The van der Waals surface area contributed by atoms with E-state index in [4.69, 9.17) is 9.47 Å². The van der Waals surface area contributed by atoms with Crippen molar-refractivity contribution >= 4 is 15.7 Å². The van der Waals surface area contributed by atoms with Crippen molar-refractivity contribution in [2.45, 2.75) is 57.1 Å². The zero-order valence-electron chi connectivity index (χ0n) is 14.0. The van der Waals surface area contributed by atoms with Gasteiger partial charge in [-0.25, -0.2) is 8.42 Å². The van der Waals surface area contributed by atoms with E-state index in [2.05, 4.69) is 0 Å². The van der Waals surface area contributed by atoms with Crippen LogP contribution in [0.3, 0.4) is 0 Å². The molecule has 2 aliphatic heterocycles. The Labute approximate surface area is 139 Å². The standard InChI is InChI=1S/C16H29NO5S/c1-23(19,20)13-14-5-2-3-9-17(14)16(18)6-4-10-22-15-7-11-21-12-8-15/h14-15H,2-13H2,1H3. The number of nitrogens with zero attached hydrogens (tertiary/aromatic N) is 1. The molecule has 0 N–H and O–H groups in total. The molecule has 1 amide bonds. The third-order valence-corrected chi connectivity index (χ3v) is 5.49. The maximum Gasteiger partial charge on any atom is 0.222 e. The van der Waals surface area contributed by atoms with Crippen LogP contribution in [0.25, 0.3) is 0 Å². The van der Waals surface area contributed by atoms with E-state index in [-0.39, 0.29) is 23.8 Å². The van der Waals surface area contributed by atoms with Gasteiger partial charge in [0, 0.05) is 45.1 Å². The molecular weight excluding hydrogens is 318 g/mol. The van der Waals surface area contributed by atoms with Gasteiger partial charge in [-0.2, -0.15) is 0 Å². The third kappa shape index (κ3) is 6.77. The summed E-state index contributed by atoms with van der Waals surface area (Å²) in [6, 6.07) is -0.150. The minimum Gasteiger partial charge on any atom is -0.381 e.